The van der Waals surface area contributed by atoms with Crippen LogP contribution in [0.4, 0.5) is 11.4 Å². The third kappa shape index (κ3) is 5.75. The summed E-state index contributed by atoms with van der Waals surface area (Å²) in [6.45, 7) is 5.98. The number of nitriles is 1. The van der Waals surface area contributed by atoms with E-state index in [2.05, 4.69) is 10.3 Å². The van der Waals surface area contributed by atoms with Gasteiger partial charge in [0.1, 0.15) is 17.8 Å². The van der Waals surface area contributed by atoms with Crippen LogP contribution in [-0.2, 0) is 4.79 Å². The molecule has 34 heavy (non-hydrogen) atoms. The molecule has 9 nitrogen and oxygen atoms in total. The molecular formula is C25H22N4O5. The molecule has 9 heteroatoms. The second-order valence-electron chi connectivity index (χ2n) is 7.22. The third-order valence-corrected chi connectivity index (χ3v) is 4.94. The summed E-state index contributed by atoms with van der Waals surface area (Å²) in [6.07, 6.45) is 2.55. The molecule has 0 saturated carbocycles. The van der Waals surface area contributed by atoms with Crippen molar-refractivity contribution in [3.63, 3.8) is 0 Å². The maximum atomic E-state index is 12.7. The minimum absolute atomic E-state index is 0.0749. The Morgan fingerprint density at radius 3 is 2.65 bits per heavy atom. The molecule has 3 rings (SSSR count). The number of nitro groups is 1. The lowest BCUT2D eigenvalue weighted by molar-refractivity contribution is -0.385. The van der Waals surface area contributed by atoms with Crippen LogP contribution in [0.1, 0.15) is 23.6 Å². The monoisotopic (exact) mass is 458 g/mol. The van der Waals surface area contributed by atoms with Gasteiger partial charge in [-0.05, 0) is 61.7 Å². The van der Waals surface area contributed by atoms with Gasteiger partial charge in [-0.2, -0.15) is 5.26 Å². The summed E-state index contributed by atoms with van der Waals surface area (Å²) in [4.78, 5) is 26.9. The van der Waals surface area contributed by atoms with E-state index in [0.29, 0.717) is 29.4 Å². The highest BCUT2D eigenvalue weighted by atomic mass is 16.6. The number of amides is 1. The molecule has 1 amide bonds. The first-order chi connectivity index (χ1) is 16.3. The standard InChI is InChI=1S/C25H22N4O5/c1-4-33-23-13-18(8-10-22(23)34-24-11-9-20(15-27-24)29(31)32)12-19(14-26)25(30)28-21-7-5-6-16(2)17(21)3/h5-13,15H,4H2,1-3H3,(H,28,30)/b19-12-. The average Bonchev–Trinajstić information content (AvgIpc) is 2.82. The number of pyridine rings is 1. The van der Waals surface area contributed by atoms with Gasteiger partial charge in [0.25, 0.3) is 11.6 Å². The molecule has 0 saturated heterocycles. The van der Waals surface area contributed by atoms with Crippen molar-refractivity contribution in [1.82, 2.24) is 4.98 Å². The van der Waals surface area contributed by atoms with Crippen molar-refractivity contribution in [3.05, 3.63) is 87.1 Å². The molecule has 0 aliphatic rings. The van der Waals surface area contributed by atoms with Gasteiger partial charge in [-0.15, -0.1) is 0 Å². The summed E-state index contributed by atoms with van der Waals surface area (Å²) >= 11 is 0. The number of ether oxygens (including phenoxy) is 2. The van der Waals surface area contributed by atoms with Crippen LogP contribution in [-0.4, -0.2) is 22.4 Å². The Balaban J connectivity index is 1.84. The largest absolute Gasteiger partial charge is 0.490 e. The number of rotatable bonds is 8. The third-order valence-electron chi connectivity index (χ3n) is 4.94. The van der Waals surface area contributed by atoms with Gasteiger partial charge < -0.3 is 14.8 Å². The summed E-state index contributed by atoms with van der Waals surface area (Å²) in [5.74, 6) is 0.326. The zero-order chi connectivity index (χ0) is 24.7. The SMILES string of the molecule is CCOc1cc(/C=C(/C#N)C(=O)Nc2cccc(C)c2C)ccc1Oc1ccc([N+](=O)[O-])cn1. The van der Waals surface area contributed by atoms with Crippen LogP contribution in [0.5, 0.6) is 17.4 Å². The number of nitrogens with zero attached hydrogens (tertiary/aromatic N) is 3. The van der Waals surface area contributed by atoms with Crippen LogP contribution >= 0.6 is 0 Å². The van der Waals surface area contributed by atoms with E-state index in [1.54, 1.807) is 31.2 Å². The Kier molecular flexibility index (Phi) is 7.56. The van der Waals surface area contributed by atoms with Gasteiger partial charge in [0, 0.05) is 17.8 Å². The molecule has 0 unspecified atom stereocenters. The zero-order valence-corrected chi connectivity index (χ0v) is 18.9. The molecule has 3 aromatic rings. The van der Waals surface area contributed by atoms with Gasteiger partial charge in [-0.3, -0.25) is 14.9 Å². The summed E-state index contributed by atoms with van der Waals surface area (Å²) in [5, 5.41) is 23.1. The van der Waals surface area contributed by atoms with Gasteiger partial charge in [0.15, 0.2) is 11.5 Å². The van der Waals surface area contributed by atoms with E-state index < -0.39 is 10.8 Å². The molecule has 1 heterocycles. The van der Waals surface area contributed by atoms with Crippen molar-refractivity contribution in [2.45, 2.75) is 20.8 Å². The molecule has 1 N–H and O–H groups in total. The molecule has 0 aliphatic heterocycles. The molecular weight excluding hydrogens is 436 g/mol. The van der Waals surface area contributed by atoms with E-state index in [0.717, 1.165) is 17.3 Å². The Hall–Kier alpha value is -4.71. The van der Waals surface area contributed by atoms with Crippen LogP contribution in [0.25, 0.3) is 6.08 Å². The summed E-state index contributed by atoms with van der Waals surface area (Å²) in [7, 11) is 0. The molecule has 0 atom stereocenters. The van der Waals surface area contributed by atoms with E-state index >= 15 is 0 Å². The average molecular weight is 458 g/mol. The van der Waals surface area contributed by atoms with Gasteiger partial charge >= 0.3 is 0 Å². The lowest BCUT2D eigenvalue weighted by Crippen LogP contribution is -2.14. The highest BCUT2D eigenvalue weighted by Gasteiger charge is 2.14. The van der Waals surface area contributed by atoms with Crippen molar-refractivity contribution < 1.29 is 19.2 Å². The highest BCUT2D eigenvalue weighted by Crippen LogP contribution is 2.33. The van der Waals surface area contributed by atoms with E-state index in [1.165, 1.54) is 18.2 Å². The number of aromatic nitrogens is 1. The number of carbonyl (C=O) groups is 1. The van der Waals surface area contributed by atoms with Gasteiger partial charge in [-0.1, -0.05) is 18.2 Å². The van der Waals surface area contributed by atoms with Crippen molar-refractivity contribution in [3.8, 4) is 23.4 Å². The van der Waals surface area contributed by atoms with Crippen molar-refractivity contribution in [2.75, 3.05) is 11.9 Å². The number of aryl methyl sites for hydroxylation is 1. The fraction of sp³-hybridized carbons (Fsp3) is 0.160. The second kappa shape index (κ2) is 10.7. The molecule has 1 aromatic heterocycles. The Morgan fingerprint density at radius 2 is 2.00 bits per heavy atom. The maximum Gasteiger partial charge on any atom is 0.287 e. The number of carbonyl (C=O) groups excluding carboxylic acids is 1. The van der Waals surface area contributed by atoms with Crippen LogP contribution in [0.3, 0.4) is 0 Å². The number of hydrogen-bond donors (Lipinski definition) is 1. The second-order valence-corrected chi connectivity index (χ2v) is 7.22. The number of hydrogen-bond acceptors (Lipinski definition) is 7. The first-order valence-electron chi connectivity index (χ1n) is 10.4. The van der Waals surface area contributed by atoms with Crippen molar-refractivity contribution in [2.24, 2.45) is 0 Å². The van der Waals surface area contributed by atoms with E-state index in [9.17, 15) is 20.2 Å². The Labute approximate surface area is 196 Å². The fourth-order valence-electron chi connectivity index (χ4n) is 3.01. The van der Waals surface area contributed by atoms with Crippen molar-refractivity contribution in [1.29, 1.82) is 5.26 Å². The van der Waals surface area contributed by atoms with Gasteiger partial charge in [-0.25, -0.2) is 4.98 Å². The quantitative estimate of drug-likeness (QED) is 0.209. The zero-order valence-electron chi connectivity index (χ0n) is 18.9. The molecule has 0 aliphatic carbocycles. The predicted octanol–water partition coefficient (Wildman–Crippen LogP) is 5.34. The molecule has 0 spiro atoms. The highest BCUT2D eigenvalue weighted by molar-refractivity contribution is 6.10. The number of benzene rings is 2. The van der Waals surface area contributed by atoms with E-state index in [4.69, 9.17) is 9.47 Å². The topological polar surface area (TPSA) is 127 Å². The molecule has 172 valence electrons. The fourth-order valence-corrected chi connectivity index (χ4v) is 3.01. The van der Waals surface area contributed by atoms with Gasteiger partial charge in [0.05, 0.1) is 11.5 Å². The summed E-state index contributed by atoms with van der Waals surface area (Å²) in [6, 6.07) is 15.1. The smallest absolute Gasteiger partial charge is 0.287 e. The minimum Gasteiger partial charge on any atom is -0.490 e. The van der Waals surface area contributed by atoms with Crippen LogP contribution < -0.4 is 14.8 Å². The van der Waals surface area contributed by atoms with E-state index in [1.807, 2.05) is 32.0 Å². The normalized spacial score (nSPS) is 10.8. The molecule has 2 aromatic carbocycles. The Bertz CT molecular complexity index is 1290. The summed E-state index contributed by atoms with van der Waals surface area (Å²) in [5.41, 5.74) is 2.92. The van der Waals surface area contributed by atoms with Crippen LogP contribution in [0.15, 0.2) is 60.3 Å². The van der Waals surface area contributed by atoms with Gasteiger partial charge in [0.2, 0.25) is 5.88 Å². The van der Waals surface area contributed by atoms with Crippen molar-refractivity contribution >= 4 is 23.4 Å². The first kappa shape index (κ1) is 23.9. The summed E-state index contributed by atoms with van der Waals surface area (Å²) < 4.78 is 11.3. The first-order valence-corrected chi connectivity index (χ1v) is 10.4. The lowest BCUT2D eigenvalue weighted by atomic mass is 10.1. The number of nitrogens with one attached hydrogen (secondary N) is 1. The molecule has 0 bridgehead atoms. The molecule has 0 radical (unpaired) electrons. The predicted molar refractivity (Wildman–Crippen MR) is 127 cm³/mol. The minimum atomic E-state index is -0.549. The molecule has 0 fully saturated rings. The number of anilines is 1. The van der Waals surface area contributed by atoms with Crippen LogP contribution in [0, 0.1) is 35.3 Å². The van der Waals surface area contributed by atoms with Crippen LogP contribution in [0.2, 0.25) is 0 Å². The van der Waals surface area contributed by atoms with E-state index in [-0.39, 0.29) is 17.1 Å². The Morgan fingerprint density at radius 1 is 1.21 bits per heavy atom. The lowest BCUT2D eigenvalue weighted by Gasteiger charge is -2.12. The maximum absolute atomic E-state index is 12.7.